The van der Waals surface area contributed by atoms with Crippen molar-refractivity contribution in [3.05, 3.63) is 23.8 Å². The van der Waals surface area contributed by atoms with Gasteiger partial charge in [-0.15, -0.1) is 0 Å². The van der Waals surface area contributed by atoms with Crippen molar-refractivity contribution >= 4 is 17.6 Å². The summed E-state index contributed by atoms with van der Waals surface area (Å²) in [5.41, 5.74) is 5.04. The molecule has 19 heavy (non-hydrogen) atoms. The Morgan fingerprint density at radius 3 is 2.53 bits per heavy atom. The number of phenolic OH excluding ortho intramolecular Hbond substituents is 1. The summed E-state index contributed by atoms with van der Waals surface area (Å²) in [4.78, 5) is 23.0. The summed E-state index contributed by atoms with van der Waals surface area (Å²) in [5.74, 6) is -0.587. The van der Waals surface area contributed by atoms with Gasteiger partial charge in [0.15, 0.2) is 5.78 Å². The number of aromatic hydroxyl groups is 1. The maximum atomic E-state index is 11.6. The Morgan fingerprint density at radius 1 is 1.37 bits per heavy atom. The third-order valence-corrected chi connectivity index (χ3v) is 2.13. The molecule has 0 spiro atoms. The molecule has 0 aliphatic rings. The van der Waals surface area contributed by atoms with Crippen molar-refractivity contribution in [1.29, 1.82) is 0 Å². The van der Waals surface area contributed by atoms with Crippen molar-refractivity contribution in [1.82, 2.24) is 0 Å². The molecule has 0 fully saturated rings. The molecule has 0 heterocycles. The van der Waals surface area contributed by atoms with E-state index in [1.165, 1.54) is 18.2 Å². The molecule has 0 saturated heterocycles. The van der Waals surface area contributed by atoms with Crippen LogP contribution in [-0.4, -0.2) is 29.1 Å². The molecule has 104 valence electrons. The highest BCUT2D eigenvalue weighted by Crippen LogP contribution is 2.22. The number of nitrogens with two attached hydrogens (primary N) is 1. The Labute approximate surface area is 111 Å². The Balaban J connectivity index is 2.86. The van der Waals surface area contributed by atoms with Gasteiger partial charge in [0, 0.05) is 5.69 Å². The van der Waals surface area contributed by atoms with E-state index >= 15 is 0 Å². The maximum absolute atomic E-state index is 11.6. The van der Waals surface area contributed by atoms with Crippen LogP contribution in [0.3, 0.4) is 0 Å². The minimum Gasteiger partial charge on any atom is -0.507 e. The van der Waals surface area contributed by atoms with Crippen molar-refractivity contribution in [3.8, 4) is 5.75 Å². The van der Waals surface area contributed by atoms with Crippen LogP contribution in [0.25, 0.3) is 0 Å². The van der Waals surface area contributed by atoms with E-state index in [9.17, 15) is 14.7 Å². The molecule has 1 rings (SSSR count). The van der Waals surface area contributed by atoms with Gasteiger partial charge in [-0.1, -0.05) is 0 Å². The average Bonchev–Trinajstić information content (AvgIpc) is 2.28. The number of anilines is 1. The first-order chi connectivity index (χ1) is 8.73. The van der Waals surface area contributed by atoms with Gasteiger partial charge >= 0.3 is 6.09 Å². The van der Waals surface area contributed by atoms with Crippen molar-refractivity contribution in [3.63, 3.8) is 0 Å². The zero-order chi connectivity index (χ0) is 14.6. The lowest BCUT2D eigenvalue weighted by atomic mass is 10.1. The number of phenols is 1. The number of ether oxygens (including phenoxy) is 1. The fourth-order valence-corrected chi connectivity index (χ4v) is 1.37. The number of hydrogen-bond acceptors (Lipinski definition) is 5. The lowest BCUT2D eigenvalue weighted by Gasteiger charge is -2.19. The molecule has 0 aliphatic carbocycles. The van der Waals surface area contributed by atoms with Crippen LogP contribution >= 0.6 is 0 Å². The van der Waals surface area contributed by atoms with Crippen LogP contribution in [0.15, 0.2) is 18.2 Å². The molecule has 6 nitrogen and oxygen atoms in total. The van der Waals surface area contributed by atoms with Gasteiger partial charge in [-0.05, 0) is 39.0 Å². The van der Waals surface area contributed by atoms with Gasteiger partial charge in [0.05, 0.1) is 12.1 Å². The predicted octanol–water partition coefficient (Wildman–Crippen LogP) is 1.88. The molecule has 0 bridgehead atoms. The topological polar surface area (TPSA) is 102 Å². The normalized spacial score (nSPS) is 10.9. The Hall–Kier alpha value is -2.08. The smallest absolute Gasteiger partial charge is 0.412 e. The van der Waals surface area contributed by atoms with Gasteiger partial charge in [-0.3, -0.25) is 10.1 Å². The zero-order valence-corrected chi connectivity index (χ0v) is 11.2. The highest BCUT2D eigenvalue weighted by Gasteiger charge is 2.17. The Morgan fingerprint density at radius 2 is 2.00 bits per heavy atom. The van der Waals surface area contributed by atoms with Crippen LogP contribution in [0.5, 0.6) is 5.75 Å². The Bertz CT molecular complexity index is 492. The summed E-state index contributed by atoms with van der Waals surface area (Å²) in [5, 5.41) is 12.0. The quantitative estimate of drug-likeness (QED) is 0.572. The van der Waals surface area contributed by atoms with Crippen molar-refractivity contribution in [2.75, 3.05) is 11.9 Å². The molecule has 1 aromatic carbocycles. The molecule has 6 heteroatoms. The van der Waals surface area contributed by atoms with E-state index in [-0.39, 0.29) is 17.9 Å². The highest BCUT2D eigenvalue weighted by molar-refractivity contribution is 6.01. The van der Waals surface area contributed by atoms with E-state index in [4.69, 9.17) is 10.5 Å². The van der Waals surface area contributed by atoms with E-state index in [1.807, 2.05) is 0 Å². The van der Waals surface area contributed by atoms with Gasteiger partial charge in [-0.2, -0.15) is 0 Å². The maximum Gasteiger partial charge on any atom is 0.412 e. The summed E-state index contributed by atoms with van der Waals surface area (Å²) >= 11 is 0. The molecule has 1 aromatic rings. The standard InChI is InChI=1S/C13H18N2O4/c1-13(2,3)19-12(18)15-8-4-5-10(16)9(6-8)11(17)7-14/h4-6,16H,7,14H2,1-3H3,(H,15,18). The summed E-state index contributed by atoms with van der Waals surface area (Å²) in [6.07, 6.45) is -0.635. The van der Waals surface area contributed by atoms with E-state index < -0.39 is 17.5 Å². The minimum atomic E-state index is -0.635. The number of Topliss-reactive ketones (excluding diaryl/α,β-unsaturated/α-hetero) is 1. The van der Waals surface area contributed by atoms with Crippen LogP contribution in [0, 0.1) is 0 Å². The second-order valence-electron chi connectivity index (χ2n) is 4.99. The number of amides is 1. The van der Waals surface area contributed by atoms with E-state index in [0.29, 0.717) is 5.69 Å². The van der Waals surface area contributed by atoms with Gasteiger partial charge in [-0.25, -0.2) is 4.79 Å². The van der Waals surface area contributed by atoms with Crippen LogP contribution in [0.1, 0.15) is 31.1 Å². The third-order valence-electron chi connectivity index (χ3n) is 2.13. The number of rotatable bonds is 3. The number of ketones is 1. The number of carbonyl (C=O) groups is 2. The van der Waals surface area contributed by atoms with Crippen LogP contribution in [0.2, 0.25) is 0 Å². The second kappa shape index (κ2) is 5.71. The van der Waals surface area contributed by atoms with Gasteiger partial charge in [0.25, 0.3) is 0 Å². The first-order valence-electron chi connectivity index (χ1n) is 5.79. The van der Waals surface area contributed by atoms with Gasteiger partial charge < -0.3 is 15.6 Å². The summed E-state index contributed by atoms with van der Waals surface area (Å²) in [6.45, 7) is 5.01. The van der Waals surface area contributed by atoms with E-state index in [2.05, 4.69) is 5.32 Å². The molecule has 0 saturated carbocycles. The predicted molar refractivity (Wildman–Crippen MR) is 71.3 cm³/mol. The van der Waals surface area contributed by atoms with Crippen molar-refractivity contribution in [2.24, 2.45) is 5.73 Å². The first-order valence-corrected chi connectivity index (χ1v) is 5.79. The fourth-order valence-electron chi connectivity index (χ4n) is 1.37. The SMILES string of the molecule is CC(C)(C)OC(=O)Nc1ccc(O)c(C(=O)CN)c1. The summed E-state index contributed by atoms with van der Waals surface area (Å²) in [7, 11) is 0. The number of carbonyl (C=O) groups excluding carboxylic acids is 2. The molecule has 0 unspecified atom stereocenters. The first kappa shape index (κ1) is 15.0. The highest BCUT2D eigenvalue weighted by atomic mass is 16.6. The molecule has 0 atom stereocenters. The summed E-state index contributed by atoms with van der Waals surface area (Å²) < 4.78 is 5.08. The molecule has 0 aromatic heterocycles. The number of hydrogen-bond donors (Lipinski definition) is 3. The van der Waals surface area contributed by atoms with E-state index in [0.717, 1.165) is 0 Å². The minimum absolute atomic E-state index is 0.0658. The van der Waals surface area contributed by atoms with Gasteiger partial charge in [0.1, 0.15) is 11.4 Å². The average molecular weight is 266 g/mol. The van der Waals surface area contributed by atoms with Crippen LogP contribution in [-0.2, 0) is 4.74 Å². The van der Waals surface area contributed by atoms with Crippen LogP contribution < -0.4 is 11.1 Å². The third kappa shape index (κ3) is 4.59. The second-order valence-corrected chi connectivity index (χ2v) is 4.99. The van der Waals surface area contributed by atoms with Gasteiger partial charge in [0.2, 0.25) is 0 Å². The number of nitrogens with one attached hydrogen (secondary N) is 1. The lowest BCUT2D eigenvalue weighted by Crippen LogP contribution is -2.27. The largest absolute Gasteiger partial charge is 0.507 e. The molecule has 4 N–H and O–H groups in total. The molecular weight excluding hydrogens is 248 g/mol. The molecule has 0 aliphatic heterocycles. The van der Waals surface area contributed by atoms with Crippen molar-refractivity contribution in [2.45, 2.75) is 26.4 Å². The fraction of sp³-hybridized carbons (Fsp3) is 0.385. The molecular formula is C13H18N2O4. The monoisotopic (exact) mass is 266 g/mol. The van der Waals surface area contributed by atoms with Crippen LogP contribution in [0.4, 0.5) is 10.5 Å². The Kier molecular flexibility index (Phi) is 4.50. The molecule has 0 radical (unpaired) electrons. The van der Waals surface area contributed by atoms with Crippen molar-refractivity contribution < 1.29 is 19.4 Å². The summed E-state index contributed by atoms with van der Waals surface area (Å²) in [6, 6.07) is 4.14. The molecule has 1 amide bonds. The number of benzene rings is 1. The lowest BCUT2D eigenvalue weighted by molar-refractivity contribution is 0.0635. The van der Waals surface area contributed by atoms with E-state index in [1.54, 1.807) is 20.8 Å². The zero-order valence-electron chi connectivity index (χ0n) is 11.2.